The van der Waals surface area contributed by atoms with Gasteiger partial charge in [0, 0.05) is 37.2 Å². The summed E-state index contributed by atoms with van der Waals surface area (Å²) in [5.74, 6) is 0. The van der Waals surface area contributed by atoms with Gasteiger partial charge in [-0.2, -0.15) is 0 Å². The predicted octanol–water partition coefficient (Wildman–Crippen LogP) is 3.79. The smallest absolute Gasteiger partial charge is 0.285 e. The number of nitrogens with one attached hydrogen (secondary N) is 1. The Morgan fingerprint density at radius 2 is 2.21 bits per heavy atom. The third-order valence-corrected chi connectivity index (χ3v) is 3.49. The Hall–Kier alpha value is -1.82. The Morgan fingerprint density at radius 3 is 2.84 bits per heavy atom. The summed E-state index contributed by atoms with van der Waals surface area (Å²) in [6, 6.07) is 7.05. The van der Waals surface area contributed by atoms with Crippen molar-refractivity contribution >= 4 is 27.3 Å². The third-order valence-electron chi connectivity index (χ3n) is 2.82. The van der Waals surface area contributed by atoms with Crippen molar-refractivity contribution in [3.8, 4) is 0 Å². The van der Waals surface area contributed by atoms with Gasteiger partial charge in [-0.05, 0) is 46.6 Å². The SMILES string of the molecule is CCn1ccc(CNc2ccc(Br)c([N+](=O)[O-])c2)c1. The molecule has 1 aromatic carbocycles. The van der Waals surface area contributed by atoms with Gasteiger partial charge in [0.2, 0.25) is 0 Å². The van der Waals surface area contributed by atoms with E-state index >= 15 is 0 Å². The lowest BCUT2D eigenvalue weighted by molar-refractivity contribution is -0.385. The number of aryl methyl sites for hydroxylation is 1. The molecule has 0 fully saturated rings. The van der Waals surface area contributed by atoms with Crippen LogP contribution >= 0.6 is 15.9 Å². The molecule has 0 unspecified atom stereocenters. The molecule has 1 heterocycles. The maximum absolute atomic E-state index is 10.8. The lowest BCUT2D eigenvalue weighted by Crippen LogP contribution is -1.99. The fourth-order valence-electron chi connectivity index (χ4n) is 1.76. The van der Waals surface area contributed by atoms with Crippen LogP contribution in [0.1, 0.15) is 12.5 Å². The van der Waals surface area contributed by atoms with E-state index in [2.05, 4.69) is 38.9 Å². The summed E-state index contributed by atoms with van der Waals surface area (Å²) in [4.78, 5) is 10.4. The maximum Gasteiger partial charge on any atom is 0.285 e. The van der Waals surface area contributed by atoms with Crippen molar-refractivity contribution in [2.75, 3.05) is 5.32 Å². The van der Waals surface area contributed by atoms with Crippen molar-refractivity contribution in [3.63, 3.8) is 0 Å². The van der Waals surface area contributed by atoms with E-state index < -0.39 is 4.92 Å². The first kappa shape index (κ1) is 13.6. The Labute approximate surface area is 119 Å². The average Bonchev–Trinajstić information content (AvgIpc) is 2.85. The second kappa shape index (κ2) is 5.88. The highest BCUT2D eigenvalue weighted by atomic mass is 79.9. The van der Waals surface area contributed by atoms with E-state index in [-0.39, 0.29) is 5.69 Å². The van der Waals surface area contributed by atoms with Crippen molar-refractivity contribution < 1.29 is 4.92 Å². The number of nitro groups is 1. The molecule has 0 aliphatic carbocycles. The summed E-state index contributed by atoms with van der Waals surface area (Å²) in [5.41, 5.74) is 1.95. The van der Waals surface area contributed by atoms with Gasteiger partial charge in [-0.15, -0.1) is 0 Å². The van der Waals surface area contributed by atoms with Crippen LogP contribution in [0.4, 0.5) is 11.4 Å². The first-order valence-electron chi connectivity index (χ1n) is 5.92. The molecule has 2 aromatic rings. The molecule has 0 atom stereocenters. The minimum absolute atomic E-state index is 0.0659. The van der Waals surface area contributed by atoms with Crippen LogP contribution in [0.3, 0.4) is 0 Å². The van der Waals surface area contributed by atoms with Crippen molar-refractivity contribution in [1.82, 2.24) is 4.57 Å². The zero-order chi connectivity index (χ0) is 13.8. The topological polar surface area (TPSA) is 60.1 Å². The van der Waals surface area contributed by atoms with Crippen LogP contribution in [0.2, 0.25) is 0 Å². The Morgan fingerprint density at radius 1 is 1.42 bits per heavy atom. The molecule has 0 radical (unpaired) electrons. The molecule has 100 valence electrons. The second-order valence-corrected chi connectivity index (χ2v) is 4.98. The first-order chi connectivity index (χ1) is 9.10. The molecule has 1 N–H and O–H groups in total. The van der Waals surface area contributed by atoms with E-state index in [0.29, 0.717) is 11.0 Å². The van der Waals surface area contributed by atoms with E-state index in [1.54, 1.807) is 6.07 Å². The number of nitrogens with zero attached hydrogens (tertiary/aromatic N) is 2. The van der Waals surface area contributed by atoms with Gasteiger partial charge in [0.25, 0.3) is 5.69 Å². The number of rotatable bonds is 5. The minimum atomic E-state index is -0.400. The van der Waals surface area contributed by atoms with Crippen LogP contribution in [0.5, 0.6) is 0 Å². The highest BCUT2D eigenvalue weighted by Crippen LogP contribution is 2.27. The molecule has 1 aromatic heterocycles. The highest BCUT2D eigenvalue weighted by molar-refractivity contribution is 9.10. The number of aromatic nitrogens is 1. The quantitative estimate of drug-likeness (QED) is 0.672. The Balaban J connectivity index is 2.07. The number of hydrogen-bond donors (Lipinski definition) is 1. The molecular formula is C13H14BrN3O2. The molecule has 19 heavy (non-hydrogen) atoms. The number of benzene rings is 1. The molecule has 0 spiro atoms. The van der Waals surface area contributed by atoms with Gasteiger partial charge in [0.15, 0.2) is 0 Å². The molecule has 2 rings (SSSR count). The van der Waals surface area contributed by atoms with Crippen molar-refractivity contribution in [2.45, 2.75) is 20.0 Å². The minimum Gasteiger partial charge on any atom is -0.381 e. The van der Waals surface area contributed by atoms with Crippen LogP contribution in [-0.2, 0) is 13.1 Å². The highest BCUT2D eigenvalue weighted by Gasteiger charge is 2.12. The van der Waals surface area contributed by atoms with Gasteiger partial charge >= 0.3 is 0 Å². The predicted molar refractivity (Wildman–Crippen MR) is 78.2 cm³/mol. The number of anilines is 1. The fraction of sp³-hybridized carbons (Fsp3) is 0.231. The van der Waals surface area contributed by atoms with Gasteiger partial charge in [0.05, 0.1) is 9.40 Å². The summed E-state index contributed by atoms with van der Waals surface area (Å²) < 4.78 is 2.57. The zero-order valence-corrected chi connectivity index (χ0v) is 12.1. The zero-order valence-electron chi connectivity index (χ0n) is 10.5. The lowest BCUT2D eigenvalue weighted by Gasteiger charge is -2.05. The van der Waals surface area contributed by atoms with Crippen LogP contribution < -0.4 is 5.32 Å². The molecule has 0 aliphatic heterocycles. The van der Waals surface area contributed by atoms with Gasteiger partial charge in [0.1, 0.15) is 0 Å². The molecule has 0 amide bonds. The van der Waals surface area contributed by atoms with E-state index in [4.69, 9.17) is 0 Å². The van der Waals surface area contributed by atoms with Crippen LogP contribution in [0.25, 0.3) is 0 Å². The molecule has 5 nitrogen and oxygen atoms in total. The van der Waals surface area contributed by atoms with Gasteiger partial charge < -0.3 is 9.88 Å². The summed E-state index contributed by atoms with van der Waals surface area (Å²) in [6.45, 7) is 3.66. The largest absolute Gasteiger partial charge is 0.381 e. The average molecular weight is 324 g/mol. The van der Waals surface area contributed by atoms with Crippen molar-refractivity contribution in [3.05, 3.63) is 56.8 Å². The van der Waals surface area contributed by atoms with Gasteiger partial charge in [-0.1, -0.05) is 0 Å². The Bertz CT molecular complexity index is 595. The van der Waals surface area contributed by atoms with Gasteiger partial charge in [-0.3, -0.25) is 10.1 Å². The van der Waals surface area contributed by atoms with Crippen molar-refractivity contribution in [2.24, 2.45) is 0 Å². The molecule has 0 bridgehead atoms. The van der Waals surface area contributed by atoms with E-state index in [0.717, 1.165) is 17.8 Å². The Kier molecular flexibility index (Phi) is 4.21. The maximum atomic E-state index is 10.8. The summed E-state index contributed by atoms with van der Waals surface area (Å²) in [5, 5.41) is 14.0. The standard InChI is InChI=1S/C13H14BrN3O2/c1-2-16-6-5-10(9-16)8-15-11-3-4-12(14)13(7-11)17(18)19/h3-7,9,15H,2,8H2,1H3. The lowest BCUT2D eigenvalue weighted by atomic mass is 10.2. The molecule has 0 saturated carbocycles. The van der Waals surface area contributed by atoms with Crippen molar-refractivity contribution in [1.29, 1.82) is 0 Å². The monoisotopic (exact) mass is 323 g/mol. The van der Waals surface area contributed by atoms with Crippen LogP contribution in [0, 0.1) is 10.1 Å². The number of nitro benzene ring substituents is 1. The first-order valence-corrected chi connectivity index (χ1v) is 6.72. The van der Waals surface area contributed by atoms with E-state index in [1.165, 1.54) is 6.07 Å². The van der Waals surface area contributed by atoms with Crippen LogP contribution in [0.15, 0.2) is 41.1 Å². The second-order valence-electron chi connectivity index (χ2n) is 4.13. The van der Waals surface area contributed by atoms with Gasteiger partial charge in [-0.25, -0.2) is 0 Å². The van der Waals surface area contributed by atoms with Crippen LogP contribution in [-0.4, -0.2) is 9.49 Å². The summed E-state index contributed by atoms with van der Waals surface area (Å²) in [7, 11) is 0. The third kappa shape index (κ3) is 3.35. The summed E-state index contributed by atoms with van der Waals surface area (Å²) >= 11 is 3.17. The normalized spacial score (nSPS) is 10.4. The summed E-state index contributed by atoms with van der Waals surface area (Å²) in [6.07, 6.45) is 4.07. The molecule has 0 saturated heterocycles. The molecular weight excluding hydrogens is 310 g/mol. The number of halogens is 1. The van der Waals surface area contributed by atoms with E-state index in [9.17, 15) is 10.1 Å². The number of hydrogen-bond acceptors (Lipinski definition) is 3. The molecule has 6 heteroatoms. The molecule has 0 aliphatic rings. The van der Waals surface area contributed by atoms with E-state index in [1.807, 2.05) is 18.3 Å². The fourth-order valence-corrected chi connectivity index (χ4v) is 2.15.